The van der Waals surface area contributed by atoms with Gasteiger partial charge in [0.05, 0.1) is 20.8 Å². The first-order valence-electron chi connectivity index (χ1n) is 14.4. The maximum absolute atomic E-state index is 16.7. The van der Waals surface area contributed by atoms with Gasteiger partial charge in [-0.15, -0.1) is 0 Å². The molecule has 4 aromatic rings. The Hall–Kier alpha value is -2.93. The molecule has 8 nitrogen and oxygen atoms in total. The smallest absolute Gasteiger partial charge is 0.319 e. The van der Waals surface area contributed by atoms with E-state index in [1.54, 1.807) is 6.07 Å². The highest BCUT2D eigenvalue weighted by atomic mass is 35.5. The molecule has 0 radical (unpaired) electrons. The third-order valence-electron chi connectivity index (χ3n) is 9.37. The maximum Gasteiger partial charge on any atom is 0.319 e. The minimum absolute atomic E-state index is 0.0428. The van der Waals surface area contributed by atoms with Crippen LogP contribution in [0, 0.1) is 11.6 Å². The van der Waals surface area contributed by atoms with Crippen LogP contribution in [0.1, 0.15) is 32.1 Å². The van der Waals surface area contributed by atoms with E-state index in [0.717, 1.165) is 43.6 Å². The maximum atomic E-state index is 16.7. The number of nitrogens with one attached hydrogen (secondary N) is 1. The summed E-state index contributed by atoms with van der Waals surface area (Å²) >= 11 is 7.78. The molecule has 2 aromatic carbocycles. The molecule has 42 heavy (non-hydrogen) atoms. The van der Waals surface area contributed by atoms with Crippen molar-refractivity contribution in [3.05, 3.63) is 34.9 Å². The second-order valence-corrected chi connectivity index (χ2v) is 13.4. The summed E-state index contributed by atoms with van der Waals surface area (Å²) in [7, 11) is 0. The first kappa shape index (κ1) is 26.7. The van der Waals surface area contributed by atoms with Gasteiger partial charge in [-0.2, -0.15) is 9.97 Å². The molecule has 6 heterocycles. The van der Waals surface area contributed by atoms with Crippen molar-refractivity contribution in [3.8, 4) is 17.1 Å². The Morgan fingerprint density at radius 2 is 1.93 bits per heavy atom. The van der Waals surface area contributed by atoms with E-state index in [4.69, 9.17) is 27.1 Å². The number of rotatable bonds is 5. The number of hydrogen-bond donors (Lipinski definition) is 2. The predicted molar refractivity (Wildman–Crippen MR) is 158 cm³/mol. The fraction of sp³-hybridized carbons (Fsp3) is 0.483. The van der Waals surface area contributed by atoms with Crippen LogP contribution in [0.5, 0.6) is 6.01 Å². The molecule has 0 aliphatic carbocycles. The Morgan fingerprint density at radius 3 is 2.74 bits per heavy atom. The van der Waals surface area contributed by atoms with E-state index in [2.05, 4.69) is 25.1 Å². The Balaban J connectivity index is 1.27. The van der Waals surface area contributed by atoms with E-state index in [1.807, 2.05) is 0 Å². The molecule has 0 unspecified atom stereocenters. The lowest BCUT2D eigenvalue weighted by atomic mass is 9.95. The third kappa shape index (κ3) is 4.21. The number of nitrogens with two attached hydrogens (primary N) is 1. The van der Waals surface area contributed by atoms with Crippen molar-refractivity contribution in [1.29, 1.82) is 0 Å². The van der Waals surface area contributed by atoms with Crippen LogP contribution in [0.2, 0.25) is 5.02 Å². The topological polar surface area (TPSA) is 92.4 Å². The fourth-order valence-corrected chi connectivity index (χ4v) is 8.58. The highest BCUT2D eigenvalue weighted by Gasteiger charge is 2.49. The molecule has 4 atom stereocenters. The number of hydrogen-bond acceptors (Lipinski definition) is 9. The number of thiazole rings is 1. The zero-order chi connectivity index (χ0) is 28.7. The van der Waals surface area contributed by atoms with Crippen molar-refractivity contribution >= 4 is 55.0 Å². The molecule has 2 bridgehead atoms. The first-order valence-corrected chi connectivity index (χ1v) is 15.5. The summed E-state index contributed by atoms with van der Waals surface area (Å²) in [4.78, 5) is 18.0. The van der Waals surface area contributed by atoms with Gasteiger partial charge in [0.1, 0.15) is 29.9 Å². The van der Waals surface area contributed by atoms with Gasteiger partial charge in [-0.3, -0.25) is 4.90 Å². The van der Waals surface area contributed by atoms with Crippen LogP contribution in [0.25, 0.3) is 32.2 Å². The normalized spacial score (nSPS) is 27.4. The quantitative estimate of drug-likeness (QED) is 0.312. The Morgan fingerprint density at radius 1 is 1.12 bits per heavy atom. The third-order valence-corrected chi connectivity index (χ3v) is 10.6. The van der Waals surface area contributed by atoms with Crippen molar-refractivity contribution < 1.29 is 17.9 Å². The van der Waals surface area contributed by atoms with Crippen LogP contribution in [0.15, 0.2) is 18.2 Å². The van der Waals surface area contributed by atoms with E-state index in [-0.39, 0.29) is 44.1 Å². The zero-order valence-electron chi connectivity index (χ0n) is 22.7. The summed E-state index contributed by atoms with van der Waals surface area (Å²) in [6, 6.07) is 5.06. The highest BCUT2D eigenvalue weighted by molar-refractivity contribution is 7.22. The molecule has 4 aliphatic rings. The molecule has 0 amide bonds. The molecule has 4 fully saturated rings. The second-order valence-electron chi connectivity index (χ2n) is 12.0. The number of ether oxygens (including phenoxy) is 1. The molecule has 4 saturated heterocycles. The highest BCUT2D eigenvalue weighted by Crippen LogP contribution is 2.44. The number of anilines is 2. The van der Waals surface area contributed by atoms with E-state index in [1.165, 1.54) is 12.1 Å². The molecule has 3 N–H and O–H groups in total. The van der Waals surface area contributed by atoms with E-state index >= 15 is 4.39 Å². The van der Waals surface area contributed by atoms with Crippen LogP contribution in [-0.2, 0) is 0 Å². The Bertz CT molecular complexity index is 1730. The number of nitrogen functional groups attached to an aromatic ring is 1. The van der Waals surface area contributed by atoms with E-state index < -0.39 is 23.3 Å². The van der Waals surface area contributed by atoms with E-state index in [9.17, 15) is 8.78 Å². The van der Waals surface area contributed by atoms with Crippen molar-refractivity contribution in [2.24, 2.45) is 0 Å². The van der Waals surface area contributed by atoms with Crippen LogP contribution in [0.3, 0.4) is 0 Å². The van der Waals surface area contributed by atoms with Crippen molar-refractivity contribution in [1.82, 2.24) is 25.2 Å². The lowest BCUT2D eigenvalue weighted by molar-refractivity contribution is 0.107. The van der Waals surface area contributed by atoms with Gasteiger partial charge in [0.25, 0.3) is 0 Å². The van der Waals surface area contributed by atoms with Gasteiger partial charge in [-0.25, -0.2) is 18.2 Å². The average molecular weight is 616 g/mol. The molecule has 220 valence electrons. The van der Waals surface area contributed by atoms with Crippen molar-refractivity contribution in [2.75, 3.05) is 43.4 Å². The number of fused-ring (bicyclic) bond motifs is 5. The Kier molecular flexibility index (Phi) is 6.22. The second kappa shape index (κ2) is 9.80. The summed E-state index contributed by atoms with van der Waals surface area (Å²) in [5.41, 5.74) is 6.17. The zero-order valence-corrected chi connectivity index (χ0v) is 24.2. The monoisotopic (exact) mass is 615 g/mol. The molecule has 8 rings (SSSR count). The molecule has 13 heteroatoms. The first-order chi connectivity index (χ1) is 20.3. The van der Waals surface area contributed by atoms with Crippen molar-refractivity contribution in [2.45, 2.75) is 55.9 Å². The molecule has 0 spiro atoms. The van der Waals surface area contributed by atoms with Crippen LogP contribution in [-0.4, -0.2) is 76.4 Å². The van der Waals surface area contributed by atoms with Gasteiger partial charge in [0, 0.05) is 54.7 Å². The minimum Gasteiger partial charge on any atom is -0.461 e. The SMILES string of the molecule is Nc1nc2c(-c3c(Cl)cc4c(N5C[C@H]6CC[C@@H](C5)N6)nc(OC[C@@]56CCCN5C[C@H](F)C6)nc4c3F)ccc(F)c2s1. The number of piperazine rings is 1. The largest absolute Gasteiger partial charge is 0.461 e. The standard InChI is InChI=1S/C29H29ClF3N7OS/c30-19-8-18-23(22(33)21(19)17-4-5-20(32)25-24(17)36-27(34)42-25)37-28(38-26(18)39-11-15-2-3-16(12-39)35-15)41-13-29-6-1-7-40(29)10-14(31)9-29/h4-5,8,14-16,35H,1-3,6-7,9-13H2,(H2,34,36)/t14-,15-,16+,29+/m1/s1. The fourth-order valence-electron chi connectivity index (χ4n) is 7.52. The molecule has 2 aromatic heterocycles. The molecular weight excluding hydrogens is 587 g/mol. The van der Waals surface area contributed by atoms with Gasteiger partial charge in [0.2, 0.25) is 0 Å². The van der Waals surface area contributed by atoms with Crippen LogP contribution < -0.4 is 20.7 Å². The summed E-state index contributed by atoms with van der Waals surface area (Å²) in [6.45, 7) is 2.88. The van der Waals surface area contributed by atoms with Gasteiger partial charge in [0.15, 0.2) is 10.9 Å². The number of halogens is 4. The van der Waals surface area contributed by atoms with E-state index in [0.29, 0.717) is 54.9 Å². The summed E-state index contributed by atoms with van der Waals surface area (Å²) in [6.07, 6.45) is 3.45. The molecule has 4 aliphatic heterocycles. The predicted octanol–water partition coefficient (Wildman–Crippen LogP) is 5.32. The number of alkyl halides is 1. The molecule has 0 saturated carbocycles. The summed E-state index contributed by atoms with van der Waals surface area (Å²) < 4.78 is 52.1. The summed E-state index contributed by atoms with van der Waals surface area (Å²) in [5, 5.41) is 4.39. The van der Waals surface area contributed by atoms with Crippen LogP contribution >= 0.6 is 22.9 Å². The molecular formula is C29H29ClF3N7OS. The summed E-state index contributed by atoms with van der Waals surface area (Å²) in [5.74, 6) is -0.607. The lowest BCUT2D eigenvalue weighted by Gasteiger charge is -2.34. The number of nitrogens with zero attached hydrogens (tertiary/aromatic N) is 5. The van der Waals surface area contributed by atoms with Crippen LogP contribution in [0.4, 0.5) is 24.1 Å². The number of aromatic nitrogens is 3. The van der Waals surface area contributed by atoms with Gasteiger partial charge < -0.3 is 20.7 Å². The van der Waals surface area contributed by atoms with Crippen molar-refractivity contribution in [3.63, 3.8) is 0 Å². The van der Waals surface area contributed by atoms with Gasteiger partial charge in [-0.1, -0.05) is 22.9 Å². The number of benzene rings is 2. The Labute approximate surface area is 249 Å². The van der Waals surface area contributed by atoms with Gasteiger partial charge in [-0.05, 0) is 50.4 Å². The lowest BCUT2D eigenvalue weighted by Crippen LogP contribution is -2.51. The minimum atomic E-state index is -0.896. The van der Waals surface area contributed by atoms with Gasteiger partial charge >= 0.3 is 6.01 Å². The average Bonchev–Trinajstić information content (AvgIpc) is 3.70.